The molecule has 2 rings (SSSR count). The van der Waals surface area contributed by atoms with Gasteiger partial charge in [0.2, 0.25) is 5.95 Å². The molecule has 2 unspecified atom stereocenters. The minimum Gasteiger partial charge on any atom is -0.396 e. The highest BCUT2D eigenvalue weighted by atomic mass is 16.3. The first-order valence-electron chi connectivity index (χ1n) is 7.69. The number of nitrogens with one attached hydrogen (secondary N) is 2. The molecular weight excluding hydrogens is 252 g/mol. The zero-order valence-corrected chi connectivity index (χ0v) is 12.5. The fourth-order valence-electron chi connectivity index (χ4n) is 2.70. The van der Waals surface area contributed by atoms with E-state index < -0.39 is 0 Å². The minimum atomic E-state index is 0.253. The summed E-state index contributed by atoms with van der Waals surface area (Å²) in [5, 5.41) is 16.2. The van der Waals surface area contributed by atoms with Crippen LogP contribution in [0.25, 0.3) is 0 Å². The van der Waals surface area contributed by atoms with Crippen LogP contribution in [-0.2, 0) is 0 Å². The van der Waals surface area contributed by atoms with Crippen molar-refractivity contribution in [3.63, 3.8) is 0 Å². The molecule has 1 saturated carbocycles. The van der Waals surface area contributed by atoms with Crippen molar-refractivity contribution in [1.82, 2.24) is 9.97 Å². The van der Waals surface area contributed by atoms with Crippen molar-refractivity contribution in [3.05, 3.63) is 11.8 Å². The van der Waals surface area contributed by atoms with E-state index in [-0.39, 0.29) is 6.61 Å². The van der Waals surface area contributed by atoms with E-state index in [1.807, 2.05) is 13.1 Å². The van der Waals surface area contributed by atoms with Crippen LogP contribution in [0.4, 0.5) is 11.8 Å². The average Bonchev–Trinajstić information content (AvgIpc) is 2.48. The van der Waals surface area contributed by atoms with Crippen LogP contribution < -0.4 is 10.6 Å². The third kappa shape index (κ3) is 3.82. The number of rotatable bonds is 6. The van der Waals surface area contributed by atoms with Gasteiger partial charge in [-0.3, -0.25) is 0 Å². The standard InChI is InChI=1S/C15H26N4O/c1-3-8-16-15-17-9-11(2)14(19-15)18-13-7-5-4-6-12(13)10-20/h9,12-13,20H,3-8,10H2,1-2H3,(H2,16,17,18,19). The highest BCUT2D eigenvalue weighted by Crippen LogP contribution is 2.27. The van der Waals surface area contributed by atoms with Gasteiger partial charge >= 0.3 is 0 Å². The first-order valence-corrected chi connectivity index (χ1v) is 7.69. The summed E-state index contributed by atoms with van der Waals surface area (Å²) in [6.45, 7) is 5.27. The Morgan fingerprint density at radius 3 is 2.90 bits per heavy atom. The normalized spacial score (nSPS) is 22.6. The van der Waals surface area contributed by atoms with Gasteiger partial charge in [0.05, 0.1) is 0 Å². The number of aryl methyl sites for hydroxylation is 1. The number of aliphatic hydroxyl groups excluding tert-OH is 1. The van der Waals surface area contributed by atoms with Crippen molar-refractivity contribution in [1.29, 1.82) is 0 Å². The summed E-state index contributed by atoms with van der Waals surface area (Å²) in [7, 11) is 0. The van der Waals surface area contributed by atoms with E-state index in [2.05, 4.69) is 27.5 Å². The quantitative estimate of drug-likeness (QED) is 0.746. The van der Waals surface area contributed by atoms with Gasteiger partial charge in [0.15, 0.2) is 0 Å². The molecule has 0 radical (unpaired) electrons. The molecule has 0 aliphatic heterocycles. The van der Waals surface area contributed by atoms with Crippen LogP contribution >= 0.6 is 0 Å². The van der Waals surface area contributed by atoms with Crippen molar-refractivity contribution in [2.24, 2.45) is 5.92 Å². The summed E-state index contributed by atoms with van der Waals surface area (Å²) in [6, 6.07) is 0.321. The molecule has 5 nitrogen and oxygen atoms in total. The predicted octanol–water partition coefficient (Wildman–Crippen LogP) is 2.57. The molecule has 0 bridgehead atoms. The highest BCUT2D eigenvalue weighted by molar-refractivity contribution is 5.47. The number of hydrogen-bond donors (Lipinski definition) is 3. The zero-order valence-electron chi connectivity index (χ0n) is 12.5. The summed E-state index contributed by atoms with van der Waals surface area (Å²) in [5.74, 6) is 1.91. The molecule has 20 heavy (non-hydrogen) atoms. The first kappa shape index (κ1) is 15.0. The van der Waals surface area contributed by atoms with E-state index in [9.17, 15) is 5.11 Å². The molecule has 5 heteroatoms. The lowest BCUT2D eigenvalue weighted by Crippen LogP contribution is -2.35. The summed E-state index contributed by atoms with van der Waals surface area (Å²) < 4.78 is 0. The van der Waals surface area contributed by atoms with Crippen LogP contribution in [0.15, 0.2) is 6.20 Å². The Bertz CT molecular complexity index is 424. The monoisotopic (exact) mass is 278 g/mol. The van der Waals surface area contributed by atoms with Gasteiger partial charge in [0.25, 0.3) is 0 Å². The lowest BCUT2D eigenvalue weighted by molar-refractivity contribution is 0.178. The fourth-order valence-corrected chi connectivity index (χ4v) is 2.70. The second kappa shape index (κ2) is 7.43. The van der Waals surface area contributed by atoms with Gasteiger partial charge in [-0.05, 0) is 26.2 Å². The van der Waals surface area contributed by atoms with Gasteiger partial charge in [-0.25, -0.2) is 4.98 Å². The fraction of sp³-hybridized carbons (Fsp3) is 0.733. The Labute approximate surface area is 121 Å². The molecule has 2 atom stereocenters. The van der Waals surface area contributed by atoms with Crippen molar-refractivity contribution in [3.8, 4) is 0 Å². The van der Waals surface area contributed by atoms with Crippen molar-refractivity contribution < 1.29 is 5.11 Å². The first-order chi connectivity index (χ1) is 9.74. The molecule has 0 spiro atoms. The number of aromatic nitrogens is 2. The molecule has 3 N–H and O–H groups in total. The van der Waals surface area contributed by atoms with E-state index in [4.69, 9.17) is 0 Å². The van der Waals surface area contributed by atoms with E-state index in [0.29, 0.717) is 17.9 Å². The van der Waals surface area contributed by atoms with Crippen molar-refractivity contribution in [2.75, 3.05) is 23.8 Å². The lowest BCUT2D eigenvalue weighted by atomic mass is 9.85. The van der Waals surface area contributed by atoms with Gasteiger partial charge in [0.1, 0.15) is 5.82 Å². The van der Waals surface area contributed by atoms with Crippen LogP contribution in [0.2, 0.25) is 0 Å². The molecule has 1 aromatic rings. The van der Waals surface area contributed by atoms with E-state index in [0.717, 1.165) is 37.2 Å². The Hall–Kier alpha value is -1.36. The molecule has 112 valence electrons. The summed E-state index contributed by atoms with van der Waals surface area (Å²) >= 11 is 0. The van der Waals surface area contributed by atoms with E-state index in [1.165, 1.54) is 12.8 Å². The third-order valence-electron chi connectivity index (χ3n) is 3.97. The maximum Gasteiger partial charge on any atom is 0.224 e. The molecule has 1 aromatic heterocycles. The maximum absolute atomic E-state index is 9.49. The van der Waals surface area contributed by atoms with Crippen LogP contribution in [-0.4, -0.2) is 34.3 Å². The molecule has 1 heterocycles. The van der Waals surface area contributed by atoms with Gasteiger partial charge in [-0.15, -0.1) is 0 Å². The number of anilines is 2. The molecule has 1 fully saturated rings. The van der Waals surface area contributed by atoms with Crippen LogP contribution in [0, 0.1) is 12.8 Å². The Kier molecular flexibility index (Phi) is 5.59. The van der Waals surface area contributed by atoms with Crippen LogP contribution in [0.5, 0.6) is 0 Å². The third-order valence-corrected chi connectivity index (χ3v) is 3.97. The SMILES string of the molecule is CCCNc1ncc(C)c(NC2CCCCC2CO)n1. The zero-order chi connectivity index (χ0) is 14.4. The maximum atomic E-state index is 9.49. The van der Waals surface area contributed by atoms with Crippen LogP contribution in [0.3, 0.4) is 0 Å². The molecule has 0 amide bonds. The number of nitrogens with zero attached hydrogens (tertiary/aromatic N) is 2. The van der Waals surface area contributed by atoms with Gasteiger partial charge in [0, 0.05) is 36.9 Å². The Balaban J connectivity index is 2.06. The summed E-state index contributed by atoms with van der Waals surface area (Å²) in [5.41, 5.74) is 1.05. The second-order valence-corrected chi connectivity index (χ2v) is 5.63. The van der Waals surface area contributed by atoms with Gasteiger partial charge in [-0.1, -0.05) is 19.8 Å². The molecule has 1 aliphatic carbocycles. The summed E-state index contributed by atoms with van der Waals surface area (Å²) in [6.07, 6.45) is 7.54. The van der Waals surface area contributed by atoms with Gasteiger partial charge in [-0.2, -0.15) is 4.98 Å². The molecule has 0 aromatic carbocycles. The largest absolute Gasteiger partial charge is 0.396 e. The Morgan fingerprint density at radius 1 is 1.35 bits per heavy atom. The molecule has 1 aliphatic rings. The lowest BCUT2D eigenvalue weighted by Gasteiger charge is -2.31. The summed E-state index contributed by atoms with van der Waals surface area (Å²) in [4.78, 5) is 8.85. The average molecular weight is 278 g/mol. The molecule has 0 saturated heterocycles. The molecular formula is C15H26N4O. The van der Waals surface area contributed by atoms with Gasteiger partial charge < -0.3 is 15.7 Å². The van der Waals surface area contributed by atoms with Crippen LogP contribution in [0.1, 0.15) is 44.6 Å². The number of aliphatic hydroxyl groups is 1. The van der Waals surface area contributed by atoms with E-state index in [1.54, 1.807) is 0 Å². The topological polar surface area (TPSA) is 70.1 Å². The van der Waals surface area contributed by atoms with Crippen molar-refractivity contribution >= 4 is 11.8 Å². The number of hydrogen-bond acceptors (Lipinski definition) is 5. The minimum absolute atomic E-state index is 0.253. The van der Waals surface area contributed by atoms with E-state index >= 15 is 0 Å². The highest BCUT2D eigenvalue weighted by Gasteiger charge is 2.25. The predicted molar refractivity (Wildman–Crippen MR) is 82.0 cm³/mol. The van der Waals surface area contributed by atoms with Crippen molar-refractivity contribution in [2.45, 2.75) is 52.0 Å². The second-order valence-electron chi connectivity index (χ2n) is 5.63. The Morgan fingerprint density at radius 2 is 2.15 bits per heavy atom. The smallest absolute Gasteiger partial charge is 0.224 e.